The average molecular weight is 454 g/mol. The van der Waals surface area contributed by atoms with Gasteiger partial charge in [-0.15, -0.1) is 0 Å². The van der Waals surface area contributed by atoms with Crippen LogP contribution in [0.4, 0.5) is 0 Å². The number of hydrogen-bond donors (Lipinski definition) is 0. The molecule has 0 saturated carbocycles. The summed E-state index contributed by atoms with van der Waals surface area (Å²) in [5.41, 5.74) is 0. The van der Waals surface area contributed by atoms with Crippen LogP contribution in [0.1, 0.15) is 13.3 Å². The van der Waals surface area contributed by atoms with Crippen molar-refractivity contribution >= 4 is 5.97 Å². The summed E-state index contributed by atoms with van der Waals surface area (Å²) in [6.45, 7) is 10.4. The molecule has 0 bridgehead atoms. The van der Waals surface area contributed by atoms with Gasteiger partial charge >= 0.3 is 5.97 Å². The van der Waals surface area contributed by atoms with Gasteiger partial charge in [0.2, 0.25) is 0 Å². The molecule has 0 aliphatic heterocycles. The summed E-state index contributed by atoms with van der Waals surface area (Å²) in [6, 6.07) is 0. The molecule has 0 aliphatic carbocycles. The molecule has 0 unspecified atom stereocenters. The molecule has 0 heterocycles. The Hall–Kier alpha value is -0.850. The Morgan fingerprint density at radius 2 is 0.871 bits per heavy atom. The van der Waals surface area contributed by atoms with E-state index in [4.69, 9.17) is 37.9 Å². The van der Waals surface area contributed by atoms with E-state index in [0.717, 1.165) is 13.2 Å². The fourth-order valence-corrected chi connectivity index (χ4v) is 2.06. The molecule has 0 atom stereocenters. The van der Waals surface area contributed by atoms with Crippen LogP contribution in [0.2, 0.25) is 0 Å². The van der Waals surface area contributed by atoms with Gasteiger partial charge in [-0.25, -0.2) is 0 Å². The number of carbonyl (C=O) groups is 1. The first-order valence-corrected chi connectivity index (χ1v) is 11.0. The van der Waals surface area contributed by atoms with E-state index in [9.17, 15) is 4.79 Å². The molecule has 0 aliphatic rings. The van der Waals surface area contributed by atoms with Crippen LogP contribution < -0.4 is 0 Å². The van der Waals surface area contributed by atoms with Crippen LogP contribution in [-0.4, -0.2) is 131 Å². The predicted octanol–water partition coefficient (Wildman–Crippen LogP) is 0.617. The summed E-state index contributed by atoms with van der Waals surface area (Å²) in [5, 5.41) is 0. The maximum absolute atomic E-state index is 11.1. The lowest BCUT2D eigenvalue weighted by Crippen LogP contribution is -2.19. The highest BCUT2D eigenvalue weighted by Gasteiger charge is 2.00. The van der Waals surface area contributed by atoms with Gasteiger partial charge in [-0.1, -0.05) is 0 Å². The molecule has 0 saturated heterocycles. The highest BCUT2D eigenvalue weighted by molar-refractivity contribution is 5.69. The minimum Gasteiger partial charge on any atom is -0.466 e. The topological polar surface area (TPSA) is 94.2 Å². The molecule has 0 spiro atoms. The Morgan fingerprint density at radius 3 is 1.19 bits per heavy atom. The van der Waals surface area contributed by atoms with E-state index in [2.05, 4.69) is 4.90 Å². The van der Waals surface area contributed by atoms with Crippen molar-refractivity contribution in [1.29, 1.82) is 0 Å². The zero-order valence-electron chi connectivity index (χ0n) is 19.6. The zero-order valence-corrected chi connectivity index (χ0v) is 19.6. The van der Waals surface area contributed by atoms with Crippen molar-refractivity contribution in [2.45, 2.75) is 13.3 Å². The van der Waals surface area contributed by atoms with Crippen molar-refractivity contribution in [2.75, 3.05) is 120 Å². The largest absolute Gasteiger partial charge is 0.466 e. The van der Waals surface area contributed by atoms with Crippen molar-refractivity contribution < 1.29 is 42.7 Å². The van der Waals surface area contributed by atoms with Crippen LogP contribution in [0.25, 0.3) is 0 Å². The molecule has 0 aromatic heterocycles. The highest BCUT2D eigenvalue weighted by Crippen LogP contribution is 1.89. The van der Waals surface area contributed by atoms with Crippen molar-refractivity contribution in [3.05, 3.63) is 0 Å². The third-order valence-corrected chi connectivity index (χ3v) is 3.67. The molecule has 0 fully saturated rings. The quantitative estimate of drug-likeness (QED) is 0.145. The lowest BCUT2D eigenvalue weighted by atomic mass is 10.5. The van der Waals surface area contributed by atoms with Crippen molar-refractivity contribution in [1.82, 2.24) is 4.90 Å². The van der Waals surface area contributed by atoms with Crippen LogP contribution in [0.5, 0.6) is 0 Å². The first-order valence-electron chi connectivity index (χ1n) is 11.0. The Kier molecular flexibility index (Phi) is 24.7. The lowest BCUT2D eigenvalue weighted by Gasteiger charge is -2.10. The van der Waals surface area contributed by atoms with Crippen molar-refractivity contribution in [3.8, 4) is 0 Å². The SMILES string of the molecule is CCOC(=O)CCOCCOCCOCCOCCOCCOCCOCCN(C)C. The summed E-state index contributed by atoms with van der Waals surface area (Å²) in [7, 11) is 4.03. The number of esters is 1. The fourth-order valence-electron chi connectivity index (χ4n) is 2.06. The molecule has 0 amide bonds. The van der Waals surface area contributed by atoms with Crippen molar-refractivity contribution in [3.63, 3.8) is 0 Å². The molecular weight excluding hydrogens is 410 g/mol. The monoisotopic (exact) mass is 453 g/mol. The van der Waals surface area contributed by atoms with Gasteiger partial charge in [-0.3, -0.25) is 4.79 Å². The van der Waals surface area contributed by atoms with E-state index < -0.39 is 0 Å². The molecule has 0 aromatic rings. The van der Waals surface area contributed by atoms with E-state index in [1.54, 1.807) is 6.92 Å². The summed E-state index contributed by atoms with van der Waals surface area (Å²) in [6.07, 6.45) is 0.267. The first kappa shape index (κ1) is 30.1. The van der Waals surface area contributed by atoms with Gasteiger partial charge in [0.25, 0.3) is 0 Å². The fraction of sp³-hybridized carbons (Fsp3) is 0.952. The Balaban J connectivity index is 3.04. The van der Waals surface area contributed by atoms with Crippen LogP contribution in [0.3, 0.4) is 0 Å². The second-order valence-corrected chi connectivity index (χ2v) is 6.64. The van der Waals surface area contributed by atoms with Gasteiger partial charge < -0.3 is 42.8 Å². The molecule has 0 N–H and O–H groups in total. The van der Waals surface area contributed by atoms with Crippen LogP contribution in [-0.2, 0) is 42.7 Å². The minimum absolute atomic E-state index is 0.243. The number of nitrogens with zero attached hydrogens (tertiary/aromatic N) is 1. The normalized spacial score (nSPS) is 11.4. The summed E-state index contributed by atoms with van der Waals surface area (Å²) < 4.78 is 42.5. The second-order valence-electron chi connectivity index (χ2n) is 6.64. The number of hydrogen-bond acceptors (Lipinski definition) is 10. The van der Waals surface area contributed by atoms with E-state index in [-0.39, 0.29) is 12.4 Å². The average Bonchev–Trinajstić information content (AvgIpc) is 2.74. The van der Waals surface area contributed by atoms with E-state index in [1.165, 1.54) is 0 Å². The van der Waals surface area contributed by atoms with E-state index in [1.807, 2.05) is 14.1 Å². The third kappa shape index (κ3) is 27.1. The van der Waals surface area contributed by atoms with Gasteiger partial charge in [0.15, 0.2) is 0 Å². The van der Waals surface area contributed by atoms with E-state index >= 15 is 0 Å². The molecule has 0 rings (SSSR count). The number of rotatable bonds is 25. The summed E-state index contributed by atoms with van der Waals surface area (Å²) in [4.78, 5) is 13.2. The van der Waals surface area contributed by atoms with Gasteiger partial charge in [-0.2, -0.15) is 0 Å². The van der Waals surface area contributed by atoms with Gasteiger partial charge in [0.1, 0.15) is 0 Å². The van der Waals surface area contributed by atoms with Crippen LogP contribution in [0.15, 0.2) is 0 Å². The molecular formula is C21H43NO9. The Bertz CT molecular complexity index is 373. The molecule has 0 aromatic carbocycles. The molecule has 10 nitrogen and oxygen atoms in total. The number of likely N-dealkylation sites (N-methyl/N-ethyl adjacent to an activating group) is 1. The maximum atomic E-state index is 11.1. The van der Waals surface area contributed by atoms with Crippen LogP contribution in [0, 0.1) is 0 Å². The summed E-state index contributed by atoms with van der Waals surface area (Å²) >= 11 is 0. The second kappa shape index (κ2) is 25.4. The molecule has 31 heavy (non-hydrogen) atoms. The smallest absolute Gasteiger partial charge is 0.308 e. The third-order valence-electron chi connectivity index (χ3n) is 3.67. The van der Waals surface area contributed by atoms with Crippen LogP contribution >= 0.6 is 0 Å². The number of carbonyl (C=O) groups excluding carboxylic acids is 1. The Morgan fingerprint density at radius 1 is 0.548 bits per heavy atom. The molecule has 0 radical (unpaired) electrons. The standard InChI is InChI=1S/C21H43NO9/c1-4-31-21(23)5-7-24-9-11-26-13-15-28-17-19-30-20-18-29-16-14-27-12-10-25-8-6-22(2)3/h4-20H2,1-3H3. The number of ether oxygens (including phenoxy) is 8. The molecule has 10 heteroatoms. The highest BCUT2D eigenvalue weighted by atomic mass is 16.6. The molecule has 186 valence electrons. The van der Waals surface area contributed by atoms with Gasteiger partial charge in [-0.05, 0) is 21.0 Å². The first-order chi connectivity index (χ1) is 15.2. The van der Waals surface area contributed by atoms with E-state index in [0.29, 0.717) is 92.5 Å². The summed E-state index contributed by atoms with van der Waals surface area (Å²) in [5.74, 6) is -0.243. The predicted molar refractivity (Wildman–Crippen MR) is 116 cm³/mol. The van der Waals surface area contributed by atoms with Crippen molar-refractivity contribution in [2.24, 2.45) is 0 Å². The minimum atomic E-state index is -0.243. The maximum Gasteiger partial charge on any atom is 0.308 e. The van der Waals surface area contributed by atoms with Gasteiger partial charge in [0.05, 0.1) is 106 Å². The van der Waals surface area contributed by atoms with Gasteiger partial charge in [0, 0.05) is 6.54 Å². The zero-order chi connectivity index (χ0) is 22.8. The Labute approximate surface area is 187 Å². The lowest BCUT2D eigenvalue weighted by molar-refractivity contribution is -0.144.